The molecule has 0 unspecified atom stereocenters. The first kappa shape index (κ1) is 13.8. The van der Waals surface area contributed by atoms with E-state index in [2.05, 4.69) is 72.4 Å². The Morgan fingerprint density at radius 1 is 1.10 bits per heavy atom. The highest BCUT2D eigenvalue weighted by molar-refractivity contribution is 5.43. The van der Waals surface area contributed by atoms with Crippen molar-refractivity contribution in [1.82, 2.24) is 14.7 Å². The Kier molecular flexibility index (Phi) is 4.02. The molecule has 0 saturated heterocycles. The van der Waals surface area contributed by atoms with Gasteiger partial charge < -0.3 is 9.72 Å². The molecule has 3 heteroatoms. The highest BCUT2D eigenvalue weighted by Gasteiger charge is 2.04. The summed E-state index contributed by atoms with van der Waals surface area (Å²) in [5, 5.41) is 3.34. The Morgan fingerprint density at radius 3 is 2.67 bits per heavy atom. The van der Waals surface area contributed by atoms with E-state index in [1.807, 2.05) is 0 Å². The number of nitrogens with one attached hydrogen (secondary N) is 1. The Morgan fingerprint density at radius 2 is 1.90 bits per heavy atom. The van der Waals surface area contributed by atoms with E-state index in [-0.39, 0.29) is 0 Å². The molecule has 0 bridgehead atoms. The molecule has 0 aliphatic heterocycles. The minimum absolute atomic E-state index is 0.879. The number of fused-ring (bicyclic) bond motifs is 1. The predicted octanol–water partition coefficient (Wildman–Crippen LogP) is 3.34. The lowest BCUT2D eigenvalue weighted by atomic mass is 10.1. The Labute approximate surface area is 125 Å². The molecule has 2 aromatic heterocycles. The maximum Gasteiger partial charge on any atom is 0.137 e. The van der Waals surface area contributed by atoms with Crippen LogP contribution in [0.4, 0.5) is 0 Å². The maximum absolute atomic E-state index is 4.73. The van der Waals surface area contributed by atoms with Crippen LogP contribution in [0.2, 0.25) is 0 Å². The SMILES string of the molecule is CCNCc1ccn2cc(Cc3ccc(C)cc3)nc2c1. The Balaban J connectivity index is 1.81. The molecule has 0 amide bonds. The van der Waals surface area contributed by atoms with E-state index in [9.17, 15) is 0 Å². The van der Waals surface area contributed by atoms with Gasteiger partial charge in [-0.05, 0) is 36.7 Å². The van der Waals surface area contributed by atoms with Gasteiger partial charge in [0.25, 0.3) is 0 Å². The molecule has 1 N–H and O–H groups in total. The van der Waals surface area contributed by atoms with Crippen LogP contribution in [0.3, 0.4) is 0 Å². The number of nitrogens with zero attached hydrogens (tertiary/aromatic N) is 2. The number of benzene rings is 1. The fraction of sp³-hybridized carbons (Fsp3) is 0.278. The lowest BCUT2D eigenvalue weighted by molar-refractivity contribution is 0.726. The lowest BCUT2D eigenvalue weighted by Crippen LogP contribution is -2.11. The molecule has 0 fully saturated rings. The monoisotopic (exact) mass is 279 g/mol. The molecule has 0 aliphatic carbocycles. The fourth-order valence-corrected chi connectivity index (χ4v) is 2.46. The summed E-state index contributed by atoms with van der Waals surface area (Å²) in [4.78, 5) is 4.73. The van der Waals surface area contributed by atoms with E-state index in [4.69, 9.17) is 4.98 Å². The third-order valence-corrected chi connectivity index (χ3v) is 3.66. The number of pyridine rings is 1. The summed E-state index contributed by atoms with van der Waals surface area (Å²) in [5.74, 6) is 0. The third kappa shape index (κ3) is 3.31. The van der Waals surface area contributed by atoms with Crippen LogP contribution in [0.15, 0.2) is 48.8 Å². The van der Waals surface area contributed by atoms with E-state index in [1.54, 1.807) is 0 Å². The molecular weight excluding hydrogens is 258 g/mol. The average molecular weight is 279 g/mol. The normalized spacial score (nSPS) is 11.1. The van der Waals surface area contributed by atoms with Crippen molar-refractivity contribution >= 4 is 5.65 Å². The number of rotatable bonds is 5. The molecule has 0 radical (unpaired) electrons. The van der Waals surface area contributed by atoms with Crippen molar-refractivity contribution in [2.24, 2.45) is 0 Å². The van der Waals surface area contributed by atoms with E-state index < -0.39 is 0 Å². The van der Waals surface area contributed by atoms with Crippen LogP contribution < -0.4 is 5.32 Å². The van der Waals surface area contributed by atoms with Gasteiger partial charge in [-0.25, -0.2) is 4.98 Å². The standard InChI is InChI=1S/C18H21N3/c1-3-19-12-16-8-9-21-13-17(20-18(21)11-16)10-15-6-4-14(2)5-7-15/h4-9,11,13,19H,3,10,12H2,1-2H3. The smallest absolute Gasteiger partial charge is 0.137 e. The van der Waals surface area contributed by atoms with Crippen molar-refractivity contribution in [1.29, 1.82) is 0 Å². The summed E-state index contributed by atoms with van der Waals surface area (Å²) in [6.07, 6.45) is 5.09. The van der Waals surface area contributed by atoms with E-state index in [1.165, 1.54) is 16.7 Å². The summed E-state index contributed by atoms with van der Waals surface area (Å²) in [6.45, 7) is 6.11. The van der Waals surface area contributed by atoms with Gasteiger partial charge in [-0.2, -0.15) is 0 Å². The molecule has 0 aliphatic rings. The summed E-state index contributed by atoms with van der Waals surface area (Å²) < 4.78 is 2.10. The van der Waals surface area contributed by atoms with Crippen LogP contribution >= 0.6 is 0 Å². The van der Waals surface area contributed by atoms with E-state index >= 15 is 0 Å². The molecule has 0 atom stereocenters. The Hall–Kier alpha value is -2.13. The third-order valence-electron chi connectivity index (χ3n) is 3.66. The molecule has 3 aromatic rings. The maximum atomic E-state index is 4.73. The lowest BCUT2D eigenvalue weighted by Gasteiger charge is -2.01. The molecule has 3 rings (SSSR count). The van der Waals surface area contributed by atoms with Gasteiger partial charge in [0.1, 0.15) is 5.65 Å². The average Bonchev–Trinajstić information content (AvgIpc) is 2.89. The van der Waals surface area contributed by atoms with Gasteiger partial charge in [-0.1, -0.05) is 36.8 Å². The number of aryl methyl sites for hydroxylation is 1. The van der Waals surface area contributed by atoms with E-state index in [0.29, 0.717) is 0 Å². The van der Waals surface area contributed by atoms with Crippen molar-refractivity contribution in [3.05, 3.63) is 71.2 Å². The summed E-state index contributed by atoms with van der Waals surface area (Å²) in [5.41, 5.74) is 6.00. The van der Waals surface area contributed by atoms with E-state index in [0.717, 1.165) is 30.9 Å². The van der Waals surface area contributed by atoms with Gasteiger partial charge in [0.05, 0.1) is 5.69 Å². The largest absolute Gasteiger partial charge is 0.313 e. The molecule has 1 aromatic carbocycles. The first-order chi connectivity index (χ1) is 10.2. The van der Waals surface area contributed by atoms with Gasteiger partial charge in [-0.15, -0.1) is 0 Å². The van der Waals surface area contributed by atoms with Crippen LogP contribution in [-0.2, 0) is 13.0 Å². The predicted molar refractivity (Wildman–Crippen MR) is 86.6 cm³/mol. The second-order valence-corrected chi connectivity index (χ2v) is 5.48. The number of hydrogen-bond donors (Lipinski definition) is 1. The van der Waals surface area contributed by atoms with Gasteiger partial charge in [-0.3, -0.25) is 0 Å². The van der Waals surface area contributed by atoms with Gasteiger partial charge in [0, 0.05) is 25.4 Å². The number of aromatic nitrogens is 2. The highest BCUT2D eigenvalue weighted by atomic mass is 15.0. The molecule has 3 nitrogen and oxygen atoms in total. The van der Waals surface area contributed by atoms with Crippen molar-refractivity contribution < 1.29 is 0 Å². The van der Waals surface area contributed by atoms with Crippen LogP contribution in [0.25, 0.3) is 5.65 Å². The van der Waals surface area contributed by atoms with Crippen LogP contribution in [0.1, 0.15) is 29.3 Å². The van der Waals surface area contributed by atoms with Crippen LogP contribution in [-0.4, -0.2) is 15.9 Å². The van der Waals surface area contributed by atoms with Crippen LogP contribution in [0.5, 0.6) is 0 Å². The van der Waals surface area contributed by atoms with Crippen molar-refractivity contribution in [2.75, 3.05) is 6.54 Å². The summed E-state index contributed by atoms with van der Waals surface area (Å²) in [6, 6.07) is 13.0. The zero-order valence-electron chi connectivity index (χ0n) is 12.6. The summed E-state index contributed by atoms with van der Waals surface area (Å²) >= 11 is 0. The quantitative estimate of drug-likeness (QED) is 0.776. The zero-order chi connectivity index (χ0) is 14.7. The van der Waals surface area contributed by atoms with Crippen molar-refractivity contribution in [3.8, 4) is 0 Å². The molecule has 2 heterocycles. The zero-order valence-corrected chi connectivity index (χ0v) is 12.6. The number of hydrogen-bond acceptors (Lipinski definition) is 2. The first-order valence-corrected chi connectivity index (χ1v) is 7.47. The van der Waals surface area contributed by atoms with Crippen molar-refractivity contribution in [2.45, 2.75) is 26.8 Å². The molecule has 0 saturated carbocycles. The summed E-state index contributed by atoms with van der Waals surface area (Å²) in [7, 11) is 0. The molecule has 21 heavy (non-hydrogen) atoms. The first-order valence-electron chi connectivity index (χ1n) is 7.47. The second-order valence-electron chi connectivity index (χ2n) is 5.48. The Bertz CT molecular complexity index is 726. The fourth-order valence-electron chi connectivity index (χ4n) is 2.46. The van der Waals surface area contributed by atoms with Gasteiger partial charge in [0.15, 0.2) is 0 Å². The van der Waals surface area contributed by atoms with Crippen LogP contribution in [0, 0.1) is 6.92 Å². The molecule has 0 spiro atoms. The highest BCUT2D eigenvalue weighted by Crippen LogP contribution is 2.13. The topological polar surface area (TPSA) is 29.3 Å². The molecule has 108 valence electrons. The van der Waals surface area contributed by atoms with Crippen molar-refractivity contribution in [3.63, 3.8) is 0 Å². The molecular formula is C18H21N3. The second kappa shape index (κ2) is 6.10. The van der Waals surface area contributed by atoms with Gasteiger partial charge >= 0.3 is 0 Å². The number of imidazole rings is 1. The van der Waals surface area contributed by atoms with Gasteiger partial charge in [0.2, 0.25) is 0 Å². The minimum Gasteiger partial charge on any atom is -0.313 e. The minimum atomic E-state index is 0.879.